The molecule has 0 saturated carbocycles. The van der Waals surface area contributed by atoms with Gasteiger partial charge in [0.2, 0.25) is 0 Å². The van der Waals surface area contributed by atoms with Crippen molar-refractivity contribution in [3.05, 3.63) is 0 Å². The summed E-state index contributed by atoms with van der Waals surface area (Å²) >= 11 is -2.61. The zero-order valence-corrected chi connectivity index (χ0v) is 5.68. The molecule has 0 saturated heterocycles. The quantitative estimate of drug-likeness (QED) is 0.320. The lowest BCUT2D eigenvalue weighted by Crippen LogP contribution is -1.74. The average molecular weight is 144 g/mol. The molecule has 0 aliphatic heterocycles. The fourth-order valence-electron chi connectivity index (χ4n) is 0. The summed E-state index contributed by atoms with van der Waals surface area (Å²) in [5, 5.41) is 0. The third-order valence-corrected chi connectivity index (χ3v) is 0. The summed E-state index contributed by atoms with van der Waals surface area (Å²) in [6.45, 7) is 0. The van der Waals surface area contributed by atoms with E-state index in [4.69, 9.17) is 13.3 Å². The molecular formula is C2H12N2O3S. The van der Waals surface area contributed by atoms with Crippen molar-refractivity contribution in [3.8, 4) is 0 Å². The van der Waals surface area contributed by atoms with Crippen molar-refractivity contribution in [1.82, 2.24) is 0 Å². The highest BCUT2D eigenvalue weighted by Crippen LogP contribution is 1.44. The van der Waals surface area contributed by atoms with E-state index in [-0.39, 0.29) is 0 Å². The molecule has 54 valence electrons. The third-order valence-electron chi connectivity index (χ3n) is 0. The molecule has 0 fully saturated rings. The predicted molar refractivity (Wildman–Crippen MR) is 33.6 cm³/mol. The molecule has 0 aliphatic carbocycles. The van der Waals surface area contributed by atoms with E-state index in [2.05, 4.69) is 11.5 Å². The highest BCUT2D eigenvalue weighted by molar-refractivity contribution is 7.73. The Morgan fingerprint density at radius 1 is 1.12 bits per heavy atom. The predicted octanol–water partition coefficient (Wildman–Crippen LogP) is -1.17. The standard InChI is InChI=1S/2CH5N.H2O3S/c2*1-2;1-4(2)3/h2*2H2,1H3;(H2,1,2,3). The summed E-state index contributed by atoms with van der Waals surface area (Å²) in [6.07, 6.45) is 0. The van der Waals surface area contributed by atoms with Crippen LogP contribution in [-0.2, 0) is 11.4 Å². The molecule has 0 unspecified atom stereocenters. The summed E-state index contributed by atoms with van der Waals surface area (Å²) < 4.78 is 22.8. The van der Waals surface area contributed by atoms with Gasteiger partial charge in [-0.25, -0.2) is 0 Å². The van der Waals surface area contributed by atoms with Crippen LogP contribution in [0.25, 0.3) is 0 Å². The summed E-state index contributed by atoms with van der Waals surface area (Å²) in [5.41, 5.74) is 9.00. The SMILES string of the molecule is CN.CN.O=S(O)O. The van der Waals surface area contributed by atoms with Crippen LogP contribution in [-0.4, -0.2) is 27.4 Å². The zero-order chi connectivity index (χ0) is 7.58. The molecule has 8 heavy (non-hydrogen) atoms. The van der Waals surface area contributed by atoms with E-state index in [9.17, 15) is 0 Å². The van der Waals surface area contributed by atoms with Crippen LogP contribution in [0.2, 0.25) is 0 Å². The van der Waals surface area contributed by atoms with Gasteiger partial charge in [0.15, 0.2) is 0 Å². The van der Waals surface area contributed by atoms with Gasteiger partial charge in [0.05, 0.1) is 0 Å². The first-order valence-corrected chi connectivity index (χ1v) is 2.75. The molecule has 0 rings (SSSR count). The molecule has 0 radical (unpaired) electrons. The third kappa shape index (κ3) is 1490000. The monoisotopic (exact) mass is 144 g/mol. The molecule has 0 amide bonds. The van der Waals surface area contributed by atoms with E-state index in [1.807, 2.05) is 0 Å². The Hall–Kier alpha value is -0.0100. The highest BCUT2D eigenvalue weighted by Gasteiger charge is 1.62. The van der Waals surface area contributed by atoms with Gasteiger partial charge in [-0.05, 0) is 14.1 Å². The normalized spacial score (nSPS) is 5.88. The van der Waals surface area contributed by atoms with Gasteiger partial charge < -0.3 is 11.5 Å². The maximum Gasteiger partial charge on any atom is 0.299 e. The number of hydrogen-bond acceptors (Lipinski definition) is 3. The fraction of sp³-hybridized carbons (Fsp3) is 1.00. The topological polar surface area (TPSA) is 110 Å². The van der Waals surface area contributed by atoms with Crippen LogP contribution in [0.3, 0.4) is 0 Å². The lowest BCUT2D eigenvalue weighted by Gasteiger charge is -1.59. The Balaban J connectivity index is -0.0000000542. The Morgan fingerprint density at radius 3 is 1.12 bits per heavy atom. The van der Waals surface area contributed by atoms with Crippen LogP contribution in [0.15, 0.2) is 0 Å². The first kappa shape index (κ1) is 15.7. The van der Waals surface area contributed by atoms with Crippen LogP contribution in [0, 0.1) is 0 Å². The fourth-order valence-corrected chi connectivity index (χ4v) is 0. The zero-order valence-electron chi connectivity index (χ0n) is 4.87. The van der Waals surface area contributed by atoms with Crippen molar-refractivity contribution in [1.29, 1.82) is 0 Å². The van der Waals surface area contributed by atoms with Crippen molar-refractivity contribution in [3.63, 3.8) is 0 Å². The van der Waals surface area contributed by atoms with Gasteiger partial charge in [-0.15, -0.1) is 0 Å². The van der Waals surface area contributed by atoms with Crippen molar-refractivity contribution >= 4 is 11.4 Å². The largest absolute Gasteiger partial charge is 0.333 e. The number of rotatable bonds is 0. The highest BCUT2D eigenvalue weighted by atomic mass is 32.2. The molecule has 0 aromatic carbocycles. The smallest absolute Gasteiger partial charge is 0.299 e. The Kier molecular flexibility index (Phi) is 55.0. The molecule has 5 nitrogen and oxygen atoms in total. The van der Waals surface area contributed by atoms with E-state index in [1.54, 1.807) is 0 Å². The molecule has 0 aromatic heterocycles. The maximum absolute atomic E-state index is 8.67. The van der Waals surface area contributed by atoms with Gasteiger partial charge in [-0.1, -0.05) is 0 Å². The summed E-state index contributed by atoms with van der Waals surface area (Å²) in [6, 6.07) is 0. The molecular weight excluding hydrogens is 132 g/mol. The average Bonchev–Trinajstić information content (AvgIpc) is 1.75. The Bertz CT molecular complexity index is 38.3. The van der Waals surface area contributed by atoms with Gasteiger partial charge in [0, 0.05) is 0 Å². The Morgan fingerprint density at radius 2 is 1.12 bits per heavy atom. The molecule has 0 heterocycles. The lowest BCUT2D eigenvalue weighted by molar-refractivity contribution is 0.454. The molecule has 6 N–H and O–H groups in total. The van der Waals surface area contributed by atoms with Crippen LogP contribution < -0.4 is 11.5 Å². The number of hydrogen-bond donors (Lipinski definition) is 4. The summed E-state index contributed by atoms with van der Waals surface area (Å²) in [4.78, 5) is 0. The van der Waals surface area contributed by atoms with Crippen LogP contribution in [0.1, 0.15) is 0 Å². The minimum absolute atomic E-state index is 1.50. The van der Waals surface area contributed by atoms with Crippen molar-refractivity contribution < 1.29 is 13.3 Å². The molecule has 0 spiro atoms. The molecule has 0 bridgehead atoms. The minimum Gasteiger partial charge on any atom is -0.333 e. The summed E-state index contributed by atoms with van der Waals surface area (Å²) in [7, 11) is 3.00. The molecule has 0 aliphatic rings. The van der Waals surface area contributed by atoms with E-state index < -0.39 is 11.4 Å². The van der Waals surface area contributed by atoms with E-state index in [1.165, 1.54) is 14.1 Å². The van der Waals surface area contributed by atoms with E-state index in [0.717, 1.165) is 0 Å². The van der Waals surface area contributed by atoms with Gasteiger partial charge in [0.25, 0.3) is 11.4 Å². The first-order valence-electron chi connectivity index (χ1n) is 1.69. The van der Waals surface area contributed by atoms with Gasteiger partial charge in [-0.2, -0.15) is 4.21 Å². The van der Waals surface area contributed by atoms with Gasteiger partial charge in [0.1, 0.15) is 0 Å². The van der Waals surface area contributed by atoms with Crippen LogP contribution in [0.5, 0.6) is 0 Å². The Labute approximate surface area is 51.2 Å². The molecule has 6 heteroatoms. The minimum atomic E-state index is -2.61. The van der Waals surface area contributed by atoms with Crippen molar-refractivity contribution in [2.24, 2.45) is 11.5 Å². The van der Waals surface area contributed by atoms with Crippen LogP contribution >= 0.6 is 0 Å². The first-order chi connectivity index (χ1) is 3.73. The van der Waals surface area contributed by atoms with E-state index in [0.29, 0.717) is 0 Å². The van der Waals surface area contributed by atoms with Crippen LogP contribution in [0.4, 0.5) is 0 Å². The van der Waals surface area contributed by atoms with Gasteiger partial charge in [-0.3, -0.25) is 9.11 Å². The number of nitrogens with two attached hydrogens (primary N) is 2. The maximum atomic E-state index is 8.67. The second-order valence-corrected chi connectivity index (χ2v) is 0.692. The van der Waals surface area contributed by atoms with Gasteiger partial charge >= 0.3 is 0 Å². The van der Waals surface area contributed by atoms with E-state index >= 15 is 0 Å². The second-order valence-electron chi connectivity index (χ2n) is 0.231. The van der Waals surface area contributed by atoms with Crippen molar-refractivity contribution in [2.45, 2.75) is 0 Å². The van der Waals surface area contributed by atoms with Crippen molar-refractivity contribution in [2.75, 3.05) is 14.1 Å². The lowest BCUT2D eigenvalue weighted by atomic mass is 11.6. The molecule has 0 atom stereocenters. The second kappa shape index (κ2) is 28.1. The molecule has 0 aromatic rings. The summed E-state index contributed by atoms with van der Waals surface area (Å²) in [5.74, 6) is 0.